The minimum absolute atomic E-state index is 0.152. The molecule has 43 heavy (non-hydrogen) atoms. The molecule has 0 N–H and O–H groups in total. The van der Waals surface area contributed by atoms with Crippen LogP contribution in [0.25, 0.3) is 0 Å². The summed E-state index contributed by atoms with van der Waals surface area (Å²) in [6.07, 6.45) is 6.02. The number of nitrogens with zero attached hydrogens (tertiary/aromatic N) is 7. The molecule has 0 saturated carbocycles. The van der Waals surface area contributed by atoms with Gasteiger partial charge in [-0.25, -0.2) is 4.79 Å². The lowest BCUT2D eigenvalue weighted by atomic mass is 9.88. The van der Waals surface area contributed by atoms with Crippen LogP contribution in [0.2, 0.25) is 0 Å². The van der Waals surface area contributed by atoms with Gasteiger partial charge in [-0.1, -0.05) is 6.58 Å². The Morgan fingerprint density at radius 1 is 1.21 bits per heavy atom. The Balaban J connectivity index is 1.43. The average Bonchev–Trinajstić information content (AvgIpc) is 3.02. The highest BCUT2D eigenvalue weighted by molar-refractivity contribution is 5.90. The van der Waals surface area contributed by atoms with Crippen molar-refractivity contribution in [2.24, 2.45) is 0 Å². The van der Waals surface area contributed by atoms with Crippen LogP contribution in [0.3, 0.4) is 0 Å². The Bertz CT molecular complexity index is 1400. The van der Waals surface area contributed by atoms with E-state index in [0.717, 1.165) is 62.3 Å². The molecule has 1 amide bonds. The molecule has 5 rings (SSSR count). The molecule has 1 aliphatic carbocycles. The van der Waals surface area contributed by atoms with Crippen molar-refractivity contribution in [2.45, 2.75) is 50.6 Å². The van der Waals surface area contributed by atoms with Crippen LogP contribution in [-0.2, 0) is 28.8 Å². The van der Waals surface area contributed by atoms with Crippen molar-refractivity contribution in [3.8, 4) is 12.1 Å². The van der Waals surface area contributed by atoms with Gasteiger partial charge in [0.2, 0.25) is 5.91 Å². The van der Waals surface area contributed by atoms with Gasteiger partial charge in [0.1, 0.15) is 12.4 Å². The van der Waals surface area contributed by atoms with E-state index in [2.05, 4.69) is 33.4 Å². The largest absolute Gasteiger partial charge is 0.465 e. The topological polar surface area (TPSA) is 115 Å². The second-order valence-electron chi connectivity index (χ2n) is 11.6. The highest BCUT2D eigenvalue weighted by Crippen LogP contribution is 2.37. The monoisotopic (exact) mass is 587 g/mol. The molecule has 0 spiro atoms. The summed E-state index contributed by atoms with van der Waals surface area (Å²) >= 11 is 0. The van der Waals surface area contributed by atoms with Crippen LogP contribution in [0.1, 0.15) is 46.4 Å². The van der Waals surface area contributed by atoms with E-state index in [4.69, 9.17) is 19.4 Å². The van der Waals surface area contributed by atoms with Gasteiger partial charge in [-0.05, 0) is 69.6 Å². The quantitative estimate of drug-likeness (QED) is 0.320. The first kappa shape index (κ1) is 30.3. The first-order valence-corrected chi connectivity index (χ1v) is 15.0. The minimum Gasteiger partial charge on any atom is -0.465 e. The minimum atomic E-state index is -0.316. The van der Waals surface area contributed by atoms with E-state index in [9.17, 15) is 14.9 Å². The van der Waals surface area contributed by atoms with Crippen molar-refractivity contribution in [2.75, 3.05) is 70.3 Å². The van der Waals surface area contributed by atoms with Crippen LogP contribution in [0, 0.1) is 11.3 Å². The Morgan fingerprint density at radius 2 is 2.05 bits per heavy atom. The fraction of sp³-hybridized carbons (Fsp3) is 0.531. The first-order valence-electron chi connectivity index (χ1n) is 15.0. The number of piperazine rings is 1. The van der Waals surface area contributed by atoms with Crippen molar-refractivity contribution in [1.82, 2.24) is 19.8 Å². The van der Waals surface area contributed by atoms with Crippen LogP contribution < -0.4 is 14.5 Å². The molecule has 228 valence electrons. The van der Waals surface area contributed by atoms with Crippen LogP contribution in [-0.4, -0.2) is 104 Å². The maximum atomic E-state index is 12.5. The van der Waals surface area contributed by atoms with E-state index in [1.54, 1.807) is 4.90 Å². The third kappa shape index (κ3) is 6.59. The molecular weight excluding hydrogens is 546 g/mol. The molecule has 1 saturated heterocycles. The van der Waals surface area contributed by atoms with Crippen LogP contribution >= 0.6 is 0 Å². The van der Waals surface area contributed by atoms with Crippen molar-refractivity contribution >= 4 is 23.4 Å². The molecular formula is C32H41N7O4. The predicted octanol–water partition coefficient (Wildman–Crippen LogP) is 2.63. The van der Waals surface area contributed by atoms with Crippen molar-refractivity contribution in [3.05, 3.63) is 53.2 Å². The molecule has 2 aromatic rings. The zero-order valence-corrected chi connectivity index (χ0v) is 25.4. The van der Waals surface area contributed by atoms with E-state index in [1.165, 1.54) is 24.4 Å². The SMILES string of the molecule is C=CC(=O)N1CCN(c2nc(OCCN(C)C)nc3c2CCC(N2CCCc4cc(C(=O)OC)ccc42)C3)CC1CC#N. The van der Waals surface area contributed by atoms with Crippen LogP contribution in [0.15, 0.2) is 30.9 Å². The molecule has 11 nitrogen and oxygen atoms in total. The second-order valence-corrected chi connectivity index (χ2v) is 11.6. The third-order valence-electron chi connectivity index (χ3n) is 8.64. The zero-order valence-electron chi connectivity index (χ0n) is 25.4. The summed E-state index contributed by atoms with van der Waals surface area (Å²) in [6.45, 7) is 7.41. The number of anilines is 2. The standard InChI is InChI=1S/C32H41N7O4/c1-5-29(40)39-16-15-37(21-25(39)12-13-33)30-26-10-9-24(20-27(26)34-32(35-30)43-18-17-36(2)3)38-14-6-7-22-19-23(31(41)42-4)8-11-28(22)38/h5,8,11,19,24-25H,1,6-7,9-10,12,14-18,20-21H2,2-4H3. The van der Waals surface area contributed by atoms with Gasteiger partial charge in [0.15, 0.2) is 0 Å². The van der Waals surface area contributed by atoms with E-state index in [1.807, 2.05) is 26.2 Å². The number of hydrogen-bond donors (Lipinski definition) is 0. The Morgan fingerprint density at radius 3 is 2.79 bits per heavy atom. The third-order valence-corrected chi connectivity index (χ3v) is 8.64. The number of rotatable bonds is 9. The van der Waals surface area contributed by atoms with Gasteiger partial charge in [-0.2, -0.15) is 15.2 Å². The van der Waals surface area contributed by atoms with Gasteiger partial charge in [-0.15, -0.1) is 0 Å². The lowest BCUT2D eigenvalue weighted by molar-refractivity contribution is -0.128. The van der Waals surface area contributed by atoms with Crippen LogP contribution in [0.4, 0.5) is 11.5 Å². The molecule has 3 aliphatic rings. The van der Waals surface area contributed by atoms with Gasteiger partial charge in [-0.3, -0.25) is 4.79 Å². The lowest BCUT2D eigenvalue weighted by Crippen LogP contribution is -2.55. The normalized spacial score (nSPS) is 19.7. The molecule has 1 fully saturated rings. The number of amides is 1. The van der Waals surface area contributed by atoms with E-state index >= 15 is 0 Å². The Kier molecular flexibility index (Phi) is 9.46. The Labute approximate surface area is 253 Å². The molecule has 0 bridgehead atoms. The van der Waals surface area contributed by atoms with E-state index in [-0.39, 0.29) is 30.4 Å². The molecule has 3 heterocycles. The number of methoxy groups -OCH3 is 1. The number of aromatic nitrogens is 2. The number of carbonyl (C=O) groups excluding carboxylic acids is 2. The van der Waals surface area contributed by atoms with Crippen molar-refractivity contribution in [3.63, 3.8) is 0 Å². The summed E-state index contributed by atoms with van der Waals surface area (Å²) in [6, 6.07) is 8.48. The van der Waals surface area contributed by atoms with E-state index < -0.39 is 0 Å². The highest BCUT2D eigenvalue weighted by atomic mass is 16.5. The van der Waals surface area contributed by atoms with Crippen molar-refractivity contribution < 1.29 is 19.1 Å². The number of ether oxygens (including phenoxy) is 2. The van der Waals surface area contributed by atoms with Gasteiger partial charge in [0.05, 0.1) is 36.9 Å². The number of carbonyl (C=O) groups is 2. The first-order chi connectivity index (χ1) is 20.8. The number of fused-ring (bicyclic) bond motifs is 2. The fourth-order valence-corrected chi connectivity index (χ4v) is 6.45. The maximum absolute atomic E-state index is 12.5. The maximum Gasteiger partial charge on any atom is 0.337 e. The fourth-order valence-electron chi connectivity index (χ4n) is 6.45. The summed E-state index contributed by atoms with van der Waals surface area (Å²) in [7, 11) is 5.40. The molecule has 2 atom stereocenters. The number of esters is 1. The van der Waals surface area contributed by atoms with Crippen molar-refractivity contribution in [1.29, 1.82) is 5.26 Å². The number of aryl methyl sites for hydroxylation is 1. The number of benzene rings is 1. The summed E-state index contributed by atoms with van der Waals surface area (Å²) in [5.74, 6) is 0.378. The molecule has 1 aromatic carbocycles. The highest BCUT2D eigenvalue weighted by Gasteiger charge is 2.35. The number of nitriles is 1. The van der Waals surface area contributed by atoms with E-state index in [0.29, 0.717) is 37.8 Å². The molecule has 2 aliphatic heterocycles. The summed E-state index contributed by atoms with van der Waals surface area (Å²) in [5.41, 5.74) is 5.03. The number of likely N-dealkylation sites (N-methyl/N-ethyl adjacent to an activating group) is 1. The summed E-state index contributed by atoms with van der Waals surface area (Å²) < 4.78 is 11.0. The average molecular weight is 588 g/mol. The Hall–Kier alpha value is -4.17. The smallest absolute Gasteiger partial charge is 0.337 e. The number of hydrogen-bond acceptors (Lipinski definition) is 10. The molecule has 0 radical (unpaired) electrons. The summed E-state index contributed by atoms with van der Waals surface area (Å²) in [4.78, 5) is 42.9. The van der Waals surface area contributed by atoms with Gasteiger partial charge < -0.3 is 29.1 Å². The summed E-state index contributed by atoms with van der Waals surface area (Å²) in [5, 5.41) is 9.49. The molecule has 11 heteroatoms. The van der Waals surface area contributed by atoms with Gasteiger partial charge in [0.25, 0.3) is 0 Å². The predicted molar refractivity (Wildman–Crippen MR) is 163 cm³/mol. The molecule has 2 unspecified atom stereocenters. The van der Waals surface area contributed by atoms with Crippen LogP contribution in [0.5, 0.6) is 6.01 Å². The lowest BCUT2D eigenvalue weighted by Gasteiger charge is -2.43. The van der Waals surface area contributed by atoms with Gasteiger partial charge in [0, 0.05) is 56.4 Å². The van der Waals surface area contributed by atoms with Gasteiger partial charge >= 0.3 is 12.0 Å². The second kappa shape index (κ2) is 13.4. The zero-order chi connectivity index (χ0) is 30.5. The molecule has 1 aromatic heterocycles.